The molecule has 5 atom stereocenters. The van der Waals surface area contributed by atoms with Crippen LogP contribution in [-0.4, -0.2) is 0 Å². The van der Waals surface area contributed by atoms with E-state index < -0.39 is 0 Å². The Morgan fingerprint density at radius 1 is 1.55 bits per heavy atom. The van der Waals surface area contributed by atoms with Gasteiger partial charge in [-0.2, -0.15) is 0 Å². The number of rotatable bonds is 2. The molecule has 0 N–H and O–H groups in total. The van der Waals surface area contributed by atoms with Crippen molar-refractivity contribution in [3.8, 4) is 0 Å². The van der Waals surface area contributed by atoms with Gasteiger partial charge >= 0.3 is 0 Å². The van der Waals surface area contributed by atoms with Crippen molar-refractivity contribution in [1.82, 2.24) is 0 Å². The van der Waals surface area contributed by atoms with E-state index in [0.29, 0.717) is 0 Å². The van der Waals surface area contributed by atoms with Gasteiger partial charge in [-0.3, -0.25) is 0 Å². The van der Waals surface area contributed by atoms with E-state index in [0.717, 1.165) is 29.1 Å². The zero-order valence-corrected chi connectivity index (χ0v) is 7.22. The molecule has 1 spiro atoms. The highest BCUT2D eigenvalue weighted by molar-refractivity contribution is 5.29. The molecule has 0 aromatic rings. The molecule has 3 fully saturated rings. The summed E-state index contributed by atoms with van der Waals surface area (Å²) >= 11 is 0. The summed E-state index contributed by atoms with van der Waals surface area (Å²) in [5.41, 5.74) is 0.873. The third-order valence-corrected chi connectivity index (χ3v) is 4.55. The maximum absolute atomic E-state index is 3.91. The first-order valence-electron chi connectivity index (χ1n) is 4.96. The van der Waals surface area contributed by atoms with Crippen LogP contribution in [0.2, 0.25) is 0 Å². The van der Waals surface area contributed by atoms with Crippen LogP contribution in [0.15, 0.2) is 12.7 Å². The normalized spacial score (nSPS) is 63.4. The van der Waals surface area contributed by atoms with Gasteiger partial charge in [0.1, 0.15) is 0 Å². The Hall–Kier alpha value is -0.260. The van der Waals surface area contributed by atoms with Gasteiger partial charge in [0.2, 0.25) is 0 Å². The summed E-state index contributed by atoms with van der Waals surface area (Å²) in [6.07, 6.45) is 6.73. The van der Waals surface area contributed by atoms with E-state index in [1.165, 1.54) is 6.42 Å². The smallest absolute Gasteiger partial charge is 0.0168 e. The van der Waals surface area contributed by atoms with E-state index in [1.54, 1.807) is 12.8 Å². The fraction of sp³-hybridized carbons (Fsp3) is 0.818. The Balaban J connectivity index is 1.74. The van der Waals surface area contributed by atoms with Crippen LogP contribution in [0.5, 0.6) is 0 Å². The van der Waals surface area contributed by atoms with Gasteiger partial charge in [-0.1, -0.05) is 19.4 Å². The van der Waals surface area contributed by atoms with E-state index >= 15 is 0 Å². The summed E-state index contributed by atoms with van der Waals surface area (Å²) in [5.74, 6) is 4.23. The molecule has 0 amide bonds. The molecule has 0 aromatic carbocycles. The molecule has 5 unspecified atom stereocenters. The van der Waals surface area contributed by atoms with Gasteiger partial charge in [0, 0.05) is 0 Å². The van der Waals surface area contributed by atoms with Crippen molar-refractivity contribution in [2.45, 2.75) is 26.2 Å². The molecule has 0 saturated heterocycles. The zero-order chi connectivity index (χ0) is 7.64. The standard InChI is InChI=1S/C11H16/c1-3-7-5-11(7)6-9-8(4-2)10(9)11/h4,7-10H,2-3,5-6H2,1H3. The first kappa shape index (κ1) is 6.28. The average Bonchev–Trinajstić information content (AvgIpc) is 2.80. The molecule has 3 aliphatic rings. The third-order valence-electron chi connectivity index (χ3n) is 4.55. The molecule has 0 bridgehead atoms. The van der Waals surface area contributed by atoms with Gasteiger partial charge in [0.15, 0.2) is 0 Å². The van der Waals surface area contributed by atoms with Crippen LogP contribution in [0.3, 0.4) is 0 Å². The van der Waals surface area contributed by atoms with E-state index in [-0.39, 0.29) is 0 Å². The number of allylic oxidation sites excluding steroid dienone is 1. The molecule has 60 valence electrons. The van der Waals surface area contributed by atoms with Gasteiger partial charge in [0.25, 0.3) is 0 Å². The second kappa shape index (κ2) is 1.57. The Kier molecular flexibility index (Phi) is 0.898. The Morgan fingerprint density at radius 3 is 2.82 bits per heavy atom. The quantitative estimate of drug-likeness (QED) is 0.528. The van der Waals surface area contributed by atoms with E-state index in [9.17, 15) is 0 Å². The molecule has 11 heavy (non-hydrogen) atoms. The molecule has 0 radical (unpaired) electrons. The van der Waals surface area contributed by atoms with Crippen LogP contribution in [-0.2, 0) is 0 Å². The molecule has 0 aromatic heterocycles. The molecule has 0 aliphatic heterocycles. The highest BCUT2D eigenvalue weighted by Crippen LogP contribution is 2.84. The first-order chi connectivity index (χ1) is 5.33. The third kappa shape index (κ3) is 0.513. The molecule has 0 heterocycles. The topological polar surface area (TPSA) is 0 Å². The molecule has 3 rings (SSSR count). The van der Waals surface area contributed by atoms with Crippen molar-refractivity contribution in [3.05, 3.63) is 12.7 Å². The predicted molar refractivity (Wildman–Crippen MR) is 46.1 cm³/mol. The monoisotopic (exact) mass is 148 g/mol. The number of hydrogen-bond acceptors (Lipinski definition) is 0. The Bertz CT molecular complexity index is 218. The van der Waals surface area contributed by atoms with Crippen molar-refractivity contribution < 1.29 is 0 Å². The minimum atomic E-state index is 0.873. The predicted octanol–water partition coefficient (Wildman–Crippen LogP) is 2.85. The fourth-order valence-electron chi connectivity index (χ4n) is 3.82. The lowest BCUT2D eigenvalue weighted by Crippen LogP contribution is -2.19. The zero-order valence-electron chi connectivity index (χ0n) is 7.22. The van der Waals surface area contributed by atoms with Gasteiger partial charge in [-0.15, -0.1) is 6.58 Å². The van der Waals surface area contributed by atoms with Gasteiger partial charge in [-0.25, -0.2) is 0 Å². The van der Waals surface area contributed by atoms with Crippen LogP contribution >= 0.6 is 0 Å². The molecular weight excluding hydrogens is 132 g/mol. The maximum Gasteiger partial charge on any atom is -0.0168 e. The lowest BCUT2D eigenvalue weighted by Gasteiger charge is -2.25. The summed E-state index contributed by atoms with van der Waals surface area (Å²) < 4.78 is 0. The molecule has 3 aliphatic carbocycles. The summed E-state index contributed by atoms with van der Waals surface area (Å²) in [7, 11) is 0. The molecule has 0 nitrogen and oxygen atoms in total. The summed E-state index contributed by atoms with van der Waals surface area (Å²) in [5, 5.41) is 0. The minimum absolute atomic E-state index is 0.873. The molecule has 3 saturated carbocycles. The SMILES string of the molecule is C=CC1C2CC3(CC3CC)C12. The van der Waals surface area contributed by atoms with E-state index in [2.05, 4.69) is 19.6 Å². The Labute approximate surface area is 68.7 Å². The Morgan fingerprint density at radius 2 is 2.36 bits per heavy atom. The second-order valence-corrected chi connectivity index (χ2v) is 4.75. The van der Waals surface area contributed by atoms with Crippen LogP contribution < -0.4 is 0 Å². The average molecular weight is 148 g/mol. The first-order valence-corrected chi connectivity index (χ1v) is 4.96. The molecule has 0 heteroatoms. The van der Waals surface area contributed by atoms with Crippen molar-refractivity contribution in [3.63, 3.8) is 0 Å². The number of hydrogen-bond donors (Lipinski definition) is 0. The largest absolute Gasteiger partial charge is 0.103 e. The van der Waals surface area contributed by atoms with E-state index in [1.807, 2.05) is 0 Å². The lowest BCUT2D eigenvalue weighted by molar-refractivity contribution is 0.230. The highest BCUT2D eigenvalue weighted by Gasteiger charge is 2.77. The highest BCUT2D eigenvalue weighted by atomic mass is 14.8. The maximum atomic E-state index is 3.91. The van der Waals surface area contributed by atoms with Crippen molar-refractivity contribution in [2.75, 3.05) is 0 Å². The summed E-state index contributed by atoms with van der Waals surface area (Å²) in [6.45, 7) is 6.25. The van der Waals surface area contributed by atoms with Crippen LogP contribution in [0.1, 0.15) is 26.2 Å². The van der Waals surface area contributed by atoms with Crippen molar-refractivity contribution in [2.24, 2.45) is 29.1 Å². The van der Waals surface area contributed by atoms with Crippen molar-refractivity contribution in [1.29, 1.82) is 0 Å². The van der Waals surface area contributed by atoms with Gasteiger partial charge < -0.3 is 0 Å². The number of fused-ring (bicyclic) bond motifs is 2. The summed E-state index contributed by atoms with van der Waals surface area (Å²) in [4.78, 5) is 0. The molecular formula is C11H16. The lowest BCUT2D eigenvalue weighted by atomic mass is 9.79. The van der Waals surface area contributed by atoms with E-state index in [4.69, 9.17) is 0 Å². The van der Waals surface area contributed by atoms with Crippen molar-refractivity contribution >= 4 is 0 Å². The summed E-state index contributed by atoms with van der Waals surface area (Å²) in [6, 6.07) is 0. The van der Waals surface area contributed by atoms with Gasteiger partial charge in [0.05, 0.1) is 0 Å². The van der Waals surface area contributed by atoms with Crippen LogP contribution in [0.25, 0.3) is 0 Å². The van der Waals surface area contributed by atoms with Crippen LogP contribution in [0.4, 0.5) is 0 Å². The van der Waals surface area contributed by atoms with Crippen LogP contribution in [0, 0.1) is 29.1 Å². The second-order valence-electron chi connectivity index (χ2n) is 4.75. The minimum Gasteiger partial charge on any atom is -0.103 e. The van der Waals surface area contributed by atoms with Gasteiger partial charge in [-0.05, 0) is 41.9 Å². The fourth-order valence-corrected chi connectivity index (χ4v) is 3.82.